The van der Waals surface area contributed by atoms with Crippen LogP contribution in [0.15, 0.2) is 59.8 Å². The number of carbonyl (C=O) groups is 2. The Hall–Kier alpha value is -3.94. The molecule has 2 amide bonds. The first kappa shape index (κ1) is 23.8. The maximum Gasteiger partial charge on any atom is 0.254 e. The summed E-state index contributed by atoms with van der Waals surface area (Å²) in [6.07, 6.45) is 3.09. The molecular weight excluding hydrogens is 456 g/mol. The van der Waals surface area contributed by atoms with Crippen LogP contribution in [0, 0.1) is 5.41 Å². The number of hydrazone groups is 1. The van der Waals surface area contributed by atoms with Gasteiger partial charge in [-0.05, 0) is 69.2 Å². The molecule has 0 unspecified atom stereocenters. The van der Waals surface area contributed by atoms with E-state index in [2.05, 4.69) is 4.98 Å². The third kappa shape index (κ3) is 4.06. The molecule has 3 aromatic rings. The second kappa shape index (κ2) is 9.26. The zero-order valence-corrected chi connectivity index (χ0v) is 21.0. The summed E-state index contributed by atoms with van der Waals surface area (Å²) >= 11 is 0. The molecule has 36 heavy (non-hydrogen) atoms. The van der Waals surface area contributed by atoms with Crippen molar-refractivity contribution in [3.63, 3.8) is 0 Å². The number of pyridine rings is 1. The Kier molecular flexibility index (Phi) is 6.12. The first-order valence-corrected chi connectivity index (χ1v) is 12.1. The van der Waals surface area contributed by atoms with Crippen LogP contribution in [-0.2, 0) is 4.79 Å². The van der Waals surface area contributed by atoms with Crippen LogP contribution in [0.3, 0.4) is 0 Å². The topological polar surface area (TPSA) is 84.3 Å². The summed E-state index contributed by atoms with van der Waals surface area (Å²) in [5, 5.41) is 7.38. The number of likely N-dealkylation sites (tertiary alicyclic amines) is 1. The van der Waals surface area contributed by atoms with Crippen molar-refractivity contribution in [1.29, 1.82) is 0 Å². The van der Waals surface area contributed by atoms with Crippen molar-refractivity contribution in [2.24, 2.45) is 10.5 Å². The van der Waals surface area contributed by atoms with Gasteiger partial charge >= 0.3 is 0 Å². The van der Waals surface area contributed by atoms with Crippen LogP contribution >= 0.6 is 0 Å². The number of carbonyl (C=O) groups excluding carboxylic acids is 2. The van der Waals surface area contributed by atoms with Crippen LogP contribution in [-0.4, -0.2) is 65.8 Å². The lowest BCUT2D eigenvalue weighted by Crippen LogP contribution is -2.47. The van der Waals surface area contributed by atoms with Crippen molar-refractivity contribution in [2.45, 2.75) is 32.7 Å². The predicted octanol–water partition coefficient (Wildman–Crippen LogP) is 4.13. The van der Waals surface area contributed by atoms with E-state index in [-0.39, 0.29) is 17.9 Å². The molecule has 2 aromatic carbocycles. The fourth-order valence-electron chi connectivity index (χ4n) is 5.02. The first-order chi connectivity index (χ1) is 17.3. The highest BCUT2D eigenvalue weighted by atomic mass is 16.5. The smallest absolute Gasteiger partial charge is 0.254 e. The first-order valence-electron chi connectivity index (χ1n) is 12.1. The van der Waals surface area contributed by atoms with Gasteiger partial charge in [-0.25, -0.2) is 5.01 Å². The molecule has 5 rings (SSSR count). The number of amides is 2. The van der Waals surface area contributed by atoms with Gasteiger partial charge in [-0.2, -0.15) is 5.10 Å². The van der Waals surface area contributed by atoms with Crippen molar-refractivity contribution < 1.29 is 19.1 Å². The van der Waals surface area contributed by atoms with E-state index in [0.29, 0.717) is 48.7 Å². The van der Waals surface area contributed by atoms with Crippen LogP contribution in [0.5, 0.6) is 11.5 Å². The summed E-state index contributed by atoms with van der Waals surface area (Å²) in [4.78, 5) is 32.8. The summed E-state index contributed by atoms with van der Waals surface area (Å²) in [5.41, 5.74) is 2.28. The Morgan fingerprint density at radius 3 is 2.47 bits per heavy atom. The summed E-state index contributed by atoms with van der Waals surface area (Å²) in [5.74, 6) is 1.19. The summed E-state index contributed by atoms with van der Waals surface area (Å²) in [6, 6.07) is 15.0. The van der Waals surface area contributed by atoms with Crippen molar-refractivity contribution >= 4 is 28.4 Å². The van der Waals surface area contributed by atoms with E-state index >= 15 is 0 Å². The van der Waals surface area contributed by atoms with Crippen molar-refractivity contribution in [3.05, 3.63) is 65.9 Å². The monoisotopic (exact) mass is 486 g/mol. The number of ether oxygens (including phenoxy) is 2. The lowest BCUT2D eigenvalue weighted by atomic mass is 9.83. The van der Waals surface area contributed by atoms with Crippen molar-refractivity contribution in [3.8, 4) is 11.5 Å². The average molecular weight is 487 g/mol. The van der Waals surface area contributed by atoms with Gasteiger partial charge in [-0.3, -0.25) is 14.6 Å². The second-order valence-corrected chi connectivity index (χ2v) is 9.73. The number of fused-ring (bicyclic) bond motifs is 1. The highest BCUT2D eigenvalue weighted by molar-refractivity contribution is 6.19. The number of hydrogen-bond acceptors (Lipinski definition) is 6. The van der Waals surface area contributed by atoms with Crippen molar-refractivity contribution in [1.82, 2.24) is 14.9 Å². The molecule has 0 bridgehead atoms. The van der Waals surface area contributed by atoms with Gasteiger partial charge in [0.1, 0.15) is 0 Å². The Labute approximate surface area is 210 Å². The molecule has 0 N–H and O–H groups in total. The van der Waals surface area contributed by atoms with E-state index in [1.165, 1.54) is 0 Å². The van der Waals surface area contributed by atoms with Gasteiger partial charge in [-0.1, -0.05) is 6.07 Å². The lowest BCUT2D eigenvalue weighted by Gasteiger charge is -2.35. The quantitative estimate of drug-likeness (QED) is 0.542. The van der Waals surface area contributed by atoms with E-state index in [1.54, 1.807) is 25.4 Å². The second-order valence-electron chi connectivity index (χ2n) is 9.73. The van der Waals surface area contributed by atoms with Crippen LogP contribution in [0.1, 0.15) is 42.6 Å². The molecule has 1 saturated heterocycles. The predicted molar refractivity (Wildman–Crippen MR) is 137 cm³/mol. The third-order valence-corrected chi connectivity index (χ3v) is 7.15. The molecule has 1 fully saturated rings. The fourth-order valence-corrected chi connectivity index (χ4v) is 5.02. The minimum Gasteiger partial charge on any atom is -0.493 e. The van der Waals surface area contributed by atoms with E-state index < -0.39 is 5.41 Å². The molecule has 2 aliphatic heterocycles. The minimum atomic E-state index is -0.772. The highest BCUT2D eigenvalue weighted by Gasteiger charge is 2.47. The van der Waals surface area contributed by atoms with E-state index in [9.17, 15) is 9.59 Å². The van der Waals surface area contributed by atoms with Gasteiger partial charge in [0.25, 0.3) is 11.8 Å². The SMILES string of the molecule is COc1ccc(C2=NN(C3CCN(C(=O)c4ccc5ncccc5c4)CC3)C(=O)C2(C)C)cc1OC. The van der Waals surface area contributed by atoms with Crippen LogP contribution < -0.4 is 9.47 Å². The molecule has 0 saturated carbocycles. The van der Waals surface area contributed by atoms with Crippen LogP contribution in [0.4, 0.5) is 0 Å². The van der Waals surface area contributed by atoms with Gasteiger partial charge < -0.3 is 14.4 Å². The molecule has 8 nitrogen and oxygen atoms in total. The molecule has 0 aliphatic carbocycles. The number of hydrogen-bond donors (Lipinski definition) is 0. The molecular formula is C28H30N4O4. The van der Waals surface area contributed by atoms with E-state index in [1.807, 2.05) is 67.3 Å². The Balaban J connectivity index is 1.32. The van der Waals surface area contributed by atoms with Gasteiger partial charge in [0.05, 0.1) is 36.9 Å². The van der Waals surface area contributed by atoms with Gasteiger partial charge in [0.15, 0.2) is 11.5 Å². The van der Waals surface area contributed by atoms with E-state index in [0.717, 1.165) is 16.5 Å². The molecule has 0 radical (unpaired) electrons. The molecule has 8 heteroatoms. The number of rotatable bonds is 5. The van der Waals surface area contributed by atoms with Crippen molar-refractivity contribution in [2.75, 3.05) is 27.3 Å². The molecule has 0 spiro atoms. The Bertz CT molecular complexity index is 1360. The highest BCUT2D eigenvalue weighted by Crippen LogP contribution is 2.37. The maximum absolute atomic E-state index is 13.4. The number of benzene rings is 2. The number of aromatic nitrogens is 1. The zero-order chi connectivity index (χ0) is 25.4. The molecule has 1 aromatic heterocycles. The average Bonchev–Trinajstić information content (AvgIpc) is 3.16. The van der Waals surface area contributed by atoms with Gasteiger partial charge in [0, 0.05) is 35.8 Å². The molecule has 2 aliphatic rings. The minimum absolute atomic E-state index is 0.00167. The van der Waals surface area contributed by atoms with Gasteiger partial charge in [0.2, 0.25) is 0 Å². The number of methoxy groups -OCH3 is 2. The largest absolute Gasteiger partial charge is 0.493 e. The molecule has 3 heterocycles. The standard InChI is InChI=1S/C28H30N4O4/c1-28(2)25(19-8-10-23(35-3)24(17-19)36-4)30-32(27(28)34)21-11-14-31(15-12-21)26(33)20-7-9-22-18(16-20)6-5-13-29-22/h5-10,13,16-17,21H,11-12,14-15H2,1-4H3. The van der Waals surface area contributed by atoms with Crippen LogP contribution in [0.25, 0.3) is 10.9 Å². The summed E-state index contributed by atoms with van der Waals surface area (Å²) in [7, 11) is 3.18. The maximum atomic E-state index is 13.4. The van der Waals surface area contributed by atoms with Crippen LogP contribution in [0.2, 0.25) is 0 Å². The molecule has 186 valence electrons. The Morgan fingerprint density at radius 2 is 1.75 bits per heavy atom. The summed E-state index contributed by atoms with van der Waals surface area (Å²) in [6.45, 7) is 4.94. The lowest BCUT2D eigenvalue weighted by molar-refractivity contribution is -0.137. The fraction of sp³-hybridized carbons (Fsp3) is 0.357. The Morgan fingerprint density at radius 1 is 1.00 bits per heavy atom. The molecule has 0 atom stereocenters. The number of piperidine rings is 1. The summed E-state index contributed by atoms with van der Waals surface area (Å²) < 4.78 is 10.8. The normalized spacial score (nSPS) is 17.9. The number of nitrogens with zero attached hydrogens (tertiary/aromatic N) is 4. The van der Waals surface area contributed by atoms with E-state index in [4.69, 9.17) is 14.6 Å². The van der Waals surface area contributed by atoms with Gasteiger partial charge in [-0.15, -0.1) is 0 Å². The third-order valence-electron chi connectivity index (χ3n) is 7.15. The zero-order valence-electron chi connectivity index (χ0n) is 21.0.